The summed E-state index contributed by atoms with van der Waals surface area (Å²) in [5.41, 5.74) is 2.33. The first-order valence-corrected chi connectivity index (χ1v) is 7.81. The molecule has 3 nitrogen and oxygen atoms in total. The van der Waals surface area contributed by atoms with Crippen LogP contribution in [0.25, 0.3) is 0 Å². The van der Waals surface area contributed by atoms with Crippen LogP contribution in [0.3, 0.4) is 0 Å². The van der Waals surface area contributed by atoms with Crippen molar-refractivity contribution < 1.29 is 14.3 Å². The lowest BCUT2D eigenvalue weighted by Crippen LogP contribution is -1.97. The zero-order valence-corrected chi connectivity index (χ0v) is 13.9. The molecule has 0 N–H and O–H groups in total. The van der Waals surface area contributed by atoms with Crippen molar-refractivity contribution >= 4 is 29.5 Å². The first kappa shape index (κ1) is 17.4. The van der Waals surface area contributed by atoms with Gasteiger partial charge in [0.1, 0.15) is 29.2 Å². The van der Waals surface area contributed by atoms with Gasteiger partial charge < -0.3 is 9.47 Å². The van der Waals surface area contributed by atoms with Gasteiger partial charge in [-0.15, -0.1) is 0 Å². The molecule has 0 unspecified atom stereocenters. The van der Waals surface area contributed by atoms with Crippen LogP contribution >= 0.6 is 23.2 Å². The van der Waals surface area contributed by atoms with Crippen molar-refractivity contribution in [1.29, 1.82) is 0 Å². The highest BCUT2D eigenvalue weighted by atomic mass is 35.5. The lowest BCUT2D eigenvalue weighted by Gasteiger charge is -2.07. The smallest absolute Gasteiger partial charge is 0.157 e. The van der Waals surface area contributed by atoms with Crippen LogP contribution in [0, 0.1) is 0 Å². The highest BCUT2D eigenvalue weighted by Gasteiger charge is 1.99. The van der Waals surface area contributed by atoms with Crippen LogP contribution in [0.2, 0.25) is 0 Å². The SMILES string of the molecule is O=CCOc1ccc(Cc2ccc(OCC=C(Cl)Cl)cc2)cc1. The number of aldehydes is 1. The summed E-state index contributed by atoms with van der Waals surface area (Å²) in [6, 6.07) is 15.5. The highest BCUT2D eigenvalue weighted by molar-refractivity contribution is 6.55. The molecule has 0 heterocycles. The summed E-state index contributed by atoms with van der Waals surface area (Å²) in [6.45, 7) is 0.412. The fourth-order valence-electron chi connectivity index (χ4n) is 1.97. The molecular formula is C18H16Cl2O3. The van der Waals surface area contributed by atoms with Gasteiger partial charge in [-0.3, -0.25) is 4.79 Å². The van der Waals surface area contributed by atoms with Gasteiger partial charge in [0, 0.05) is 0 Å². The number of benzene rings is 2. The Morgan fingerprint density at radius 3 is 1.74 bits per heavy atom. The number of hydrogen-bond acceptors (Lipinski definition) is 3. The van der Waals surface area contributed by atoms with Gasteiger partial charge in [-0.05, 0) is 47.9 Å². The molecule has 120 valence electrons. The molecule has 0 atom stereocenters. The van der Waals surface area contributed by atoms with E-state index < -0.39 is 0 Å². The summed E-state index contributed by atoms with van der Waals surface area (Å²) >= 11 is 11.0. The second-order valence-electron chi connectivity index (χ2n) is 4.75. The van der Waals surface area contributed by atoms with Gasteiger partial charge in [0.05, 0.1) is 0 Å². The molecule has 0 amide bonds. The number of halogens is 2. The van der Waals surface area contributed by atoms with E-state index in [1.54, 1.807) is 6.08 Å². The van der Waals surface area contributed by atoms with E-state index >= 15 is 0 Å². The summed E-state index contributed by atoms with van der Waals surface area (Å²) in [7, 11) is 0. The zero-order chi connectivity index (χ0) is 16.5. The second kappa shape index (κ2) is 9.23. The van der Waals surface area contributed by atoms with Gasteiger partial charge in [-0.2, -0.15) is 0 Å². The number of carbonyl (C=O) groups is 1. The quantitative estimate of drug-likeness (QED) is 0.655. The molecule has 0 aliphatic heterocycles. The third-order valence-corrected chi connectivity index (χ3v) is 3.37. The monoisotopic (exact) mass is 350 g/mol. The van der Waals surface area contributed by atoms with E-state index in [4.69, 9.17) is 32.7 Å². The minimum absolute atomic E-state index is 0.0743. The molecule has 0 saturated carbocycles. The van der Waals surface area contributed by atoms with Gasteiger partial charge in [-0.25, -0.2) is 0 Å². The number of hydrogen-bond donors (Lipinski definition) is 0. The summed E-state index contributed by atoms with van der Waals surface area (Å²) in [6.07, 6.45) is 3.13. The molecule has 2 aromatic carbocycles. The molecule has 0 aromatic heterocycles. The predicted octanol–water partition coefficient (Wildman–Crippen LogP) is 4.55. The Hall–Kier alpha value is -1.97. The third-order valence-electron chi connectivity index (χ3n) is 3.06. The topological polar surface area (TPSA) is 35.5 Å². The van der Waals surface area contributed by atoms with Crippen LogP contribution in [-0.2, 0) is 11.2 Å². The molecule has 2 aromatic rings. The molecule has 0 aliphatic rings. The maximum atomic E-state index is 10.3. The Morgan fingerprint density at radius 1 is 0.826 bits per heavy atom. The molecule has 0 saturated heterocycles. The van der Waals surface area contributed by atoms with Crippen LogP contribution in [0.5, 0.6) is 11.5 Å². The zero-order valence-electron chi connectivity index (χ0n) is 12.4. The maximum Gasteiger partial charge on any atom is 0.157 e. The molecule has 0 spiro atoms. The van der Waals surface area contributed by atoms with E-state index in [9.17, 15) is 4.79 Å². The van der Waals surface area contributed by atoms with E-state index in [2.05, 4.69) is 0 Å². The van der Waals surface area contributed by atoms with Gasteiger partial charge in [0.2, 0.25) is 0 Å². The fraction of sp³-hybridized carbons (Fsp3) is 0.167. The maximum absolute atomic E-state index is 10.3. The van der Waals surface area contributed by atoms with Crippen molar-refractivity contribution in [1.82, 2.24) is 0 Å². The van der Waals surface area contributed by atoms with Gasteiger partial charge in [-0.1, -0.05) is 47.5 Å². The third kappa shape index (κ3) is 6.35. The van der Waals surface area contributed by atoms with E-state index in [1.165, 1.54) is 5.56 Å². The molecule has 0 fully saturated rings. The lowest BCUT2D eigenvalue weighted by molar-refractivity contribution is -0.109. The number of rotatable bonds is 8. The molecule has 0 radical (unpaired) electrons. The second-order valence-corrected chi connectivity index (χ2v) is 5.75. The van der Waals surface area contributed by atoms with Crippen molar-refractivity contribution in [2.24, 2.45) is 0 Å². The average Bonchev–Trinajstić information content (AvgIpc) is 2.55. The van der Waals surface area contributed by atoms with E-state index in [-0.39, 0.29) is 11.1 Å². The van der Waals surface area contributed by atoms with Gasteiger partial charge in [0.15, 0.2) is 6.29 Å². The van der Waals surface area contributed by atoms with Crippen molar-refractivity contribution in [3.05, 3.63) is 70.2 Å². The first-order valence-electron chi connectivity index (χ1n) is 7.05. The van der Waals surface area contributed by atoms with Crippen LogP contribution in [-0.4, -0.2) is 19.5 Å². The molecule has 5 heteroatoms. The normalized spacial score (nSPS) is 10.0. The molecular weight excluding hydrogens is 335 g/mol. The Balaban J connectivity index is 1.90. The van der Waals surface area contributed by atoms with Crippen molar-refractivity contribution in [2.75, 3.05) is 13.2 Å². The summed E-state index contributed by atoms with van der Waals surface area (Å²) in [4.78, 5) is 10.3. The Bertz CT molecular complexity index is 645. The van der Waals surface area contributed by atoms with Crippen molar-refractivity contribution in [3.63, 3.8) is 0 Å². The summed E-state index contributed by atoms with van der Waals surface area (Å²) < 4.78 is 10.9. The first-order chi connectivity index (χ1) is 11.2. The lowest BCUT2D eigenvalue weighted by atomic mass is 10.0. The van der Waals surface area contributed by atoms with E-state index in [1.807, 2.05) is 48.5 Å². The highest BCUT2D eigenvalue weighted by Crippen LogP contribution is 2.18. The van der Waals surface area contributed by atoms with E-state index in [0.717, 1.165) is 24.0 Å². The Kier molecular flexibility index (Phi) is 6.98. The molecule has 23 heavy (non-hydrogen) atoms. The summed E-state index contributed by atoms with van der Waals surface area (Å²) in [5, 5.41) is 0. The van der Waals surface area contributed by atoms with E-state index in [0.29, 0.717) is 12.4 Å². The Labute approximate surface area is 145 Å². The standard InChI is InChI=1S/C18H16Cl2O3/c19-18(20)9-11-22-16-5-1-14(2-6-16)13-15-3-7-17(8-4-15)23-12-10-21/h1-10H,11-13H2. The van der Waals surface area contributed by atoms with Crippen LogP contribution < -0.4 is 9.47 Å². The average molecular weight is 351 g/mol. The minimum atomic E-state index is 0.0743. The van der Waals surface area contributed by atoms with Crippen LogP contribution in [0.4, 0.5) is 0 Å². The van der Waals surface area contributed by atoms with Gasteiger partial charge >= 0.3 is 0 Å². The molecule has 2 rings (SSSR count). The largest absolute Gasteiger partial charge is 0.489 e. The predicted molar refractivity (Wildman–Crippen MR) is 92.5 cm³/mol. The Morgan fingerprint density at radius 2 is 1.30 bits per heavy atom. The number of carbonyl (C=O) groups excluding carboxylic acids is 1. The van der Waals surface area contributed by atoms with Crippen molar-refractivity contribution in [3.8, 4) is 11.5 Å². The molecule has 0 bridgehead atoms. The molecule has 0 aliphatic carbocycles. The van der Waals surface area contributed by atoms with Gasteiger partial charge in [0.25, 0.3) is 0 Å². The summed E-state index contributed by atoms with van der Waals surface area (Å²) in [5.74, 6) is 1.45. The van der Waals surface area contributed by atoms with Crippen LogP contribution in [0.15, 0.2) is 59.1 Å². The minimum Gasteiger partial charge on any atom is -0.489 e. The fourth-order valence-corrected chi connectivity index (χ4v) is 2.10. The number of ether oxygens (including phenoxy) is 2. The van der Waals surface area contributed by atoms with Crippen molar-refractivity contribution in [2.45, 2.75) is 6.42 Å². The van der Waals surface area contributed by atoms with Crippen LogP contribution in [0.1, 0.15) is 11.1 Å².